The first kappa shape index (κ1) is 12.2. The third kappa shape index (κ3) is 2.89. The summed E-state index contributed by atoms with van der Waals surface area (Å²) in [5.41, 5.74) is 1.17. The van der Waals surface area contributed by atoms with Gasteiger partial charge in [0.25, 0.3) is 0 Å². The maximum Gasteiger partial charge on any atom is 0.127 e. The van der Waals surface area contributed by atoms with Gasteiger partial charge >= 0.3 is 0 Å². The molecule has 2 N–H and O–H groups in total. The fourth-order valence-electron chi connectivity index (χ4n) is 2.16. The lowest BCUT2D eigenvalue weighted by molar-refractivity contribution is -1.01. The molecule has 1 aromatic carbocycles. The fourth-order valence-corrected chi connectivity index (χ4v) is 2.55. The van der Waals surface area contributed by atoms with E-state index in [0.717, 1.165) is 11.6 Å². The average Bonchev–Trinajstić information content (AvgIpc) is 2.28. The van der Waals surface area contributed by atoms with E-state index in [0.29, 0.717) is 5.02 Å². The van der Waals surface area contributed by atoms with E-state index in [1.165, 1.54) is 31.7 Å². The highest BCUT2D eigenvalue weighted by Crippen LogP contribution is 2.24. The number of nitrogens with one attached hydrogen (secondary N) is 2. The van der Waals surface area contributed by atoms with Crippen LogP contribution in [0.1, 0.15) is 5.56 Å². The highest BCUT2D eigenvalue weighted by molar-refractivity contribution is 6.42. The Labute approximate surface area is 107 Å². The van der Waals surface area contributed by atoms with Gasteiger partial charge in [-0.15, -0.1) is 0 Å². The Balaban J connectivity index is 2.01. The summed E-state index contributed by atoms with van der Waals surface area (Å²) in [7, 11) is 2.25. The van der Waals surface area contributed by atoms with Crippen LogP contribution in [0.25, 0.3) is 0 Å². The fraction of sp³-hybridized carbons (Fsp3) is 0.500. The second-order valence-electron chi connectivity index (χ2n) is 4.60. The Hall–Kier alpha value is -0.280. The van der Waals surface area contributed by atoms with E-state index in [1.54, 1.807) is 9.80 Å². The second-order valence-corrected chi connectivity index (χ2v) is 5.38. The molecular formula is C12H18Cl2N2+2. The van der Waals surface area contributed by atoms with Gasteiger partial charge in [-0.25, -0.2) is 0 Å². The molecule has 1 saturated heterocycles. The maximum atomic E-state index is 6.19. The van der Waals surface area contributed by atoms with Gasteiger partial charge in [-0.2, -0.15) is 0 Å². The van der Waals surface area contributed by atoms with E-state index in [9.17, 15) is 0 Å². The summed E-state index contributed by atoms with van der Waals surface area (Å²) in [6, 6.07) is 5.90. The van der Waals surface area contributed by atoms with E-state index in [2.05, 4.69) is 13.1 Å². The van der Waals surface area contributed by atoms with E-state index < -0.39 is 0 Å². The molecule has 0 radical (unpaired) electrons. The molecule has 0 spiro atoms. The molecule has 1 heterocycles. The highest BCUT2D eigenvalue weighted by Gasteiger charge is 2.21. The van der Waals surface area contributed by atoms with Gasteiger partial charge in [-0.3, -0.25) is 0 Å². The number of rotatable bonds is 2. The Morgan fingerprint density at radius 2 is 1.81 bits per heavy atom. The molecular weight excluding hydrogens is 243 g/mol. The normalized spacial score (nSPS) is 25.7. The number of benzene rings is 1. The number of halogens is 2. The quantitative estimate of drug-likeness (QED) is 0.736. The highest BCUT2D eigenvalue weighted by atomic mass is 35.5. The third-order valence-corrected chi connectivity index (χ3v) is 4.14. The summed E-state index contributed by atoms with van der Waals surface area (Å²) in [4.78, 5) is 3.23. The summed E-state index contributed by atoms with van der Waals surface area (Å²) in [5, 5.41) is 1.39. The Morgan fingerprint density at radius 3 is 2.50 bits per heavy atom. The minimum atomic E-state index is 0.665. The molecule has 0 amide bonds. The van der Waals surface area contributed by atoms with Gasteiger partial charge in [0.1, 0.15) is 32.7 Å². The van der Waals surface area contributed by atoms with Crippen LogP contribution in [-0.4, -0.2) is 33.2 Å². The first-order valence-electron chi connectivity index (χ1n) is 5.74. The molecule has 2 nitrogen and oxygen atoms in total. The van der Waals surface area contributed by atoms with E-state index in [4.69, 9.17) is 23.2 Å². The smallest absolute Gasteiger partial charge is 0.127 e. The van der Waals surface area contributed by atoms with Crippen LogP contribution in [0.4, 0.5) is 0 Å². The molecule has 0 bridgehead atoms. The average molecular weight is 261 g/mol. The van der Waals surface area contributed by atoms with Gasteiger partial charge in [0.2, 0.25) is 0 Å². The van der Waals surface area contributed by atoms with Crippen molar-refractivity contribution >= 4 is 23.2 Å². The summed E-state index contributed by atoms with van der Waals surface area (Å²) < 4.78 is 0. The Morgan fingerprint density at radius 1 is 1.12 bits per heavy atom. The molecule has 1 aliphatic heterocycles. The molecule has 88 valence electrons. The van der Waals surface area contributed by atoms with Crippen LogP contribution in [0.3, 0.4) is 0 Å². The summed E-state index contributed by atoms with van der Waals surface area (Å²) in [5.74, 6) is 0. The summed E-state index contributed by atoms with van der Waals surface area (Å²) in [6.07, 6.45) is 0. The van der Waals surface area contributed by atoms with Crippen molar-refractivity contribution in [1.29, 1.82) is 0 Å². The van der Waals surface area contributed by atoms with Gasteiger partial charge in [-0.1, -0.05) is 35.3 Å². The van der Waals surface area contributed by atoms with Gasteiger partial charge in [0.05, 0.1) is 17.1 Å². The minimum absolute atomic E-state index is 0.665. The molecule has 1 aromatic rings. The van der Waals surface area contributed by atoms with Crippen LogP contribution in [0.2, 0.25) is 10.0 Å². The van der Waals surface area contributed by atoms with Crippen molar-refractivity contribution in [3.63, 3.8) is 0 Å². The van der Waals surface area contributed by atoms with Crippen molar-refractivity contribution in [3.05, 3.63) is 33.8 Å². The van der Waals surface area contributed by atoms with Crippen LogP contribution < -0.4 is 9.80 Å². The number of likely N-dealkylation sites (N-methyl/N-ethyl adjacent to an activating group) is 1. The van der Waals surface area contributed by atoms with Gasteiger partial charge in [0.15, 0.2) is 0 Å². The Bertz CT molecular complexity index is 360. The van der Waals surface area contributed by atoms with Gasteiger partial charge in [-0.05, 0) is 6.07 Å². The van der Waals surface area contributed by atoms with Crippen LogP contribution in [0, 0.1) is 0 Å². The third-order valence-electron chi connectivity index (χ3n) is 3.28. The van der Waals surface area contributed by atoms with Crippen molar-refractivity contribution in [2.24, 2.45) is 0 Å². The van der Waals surface area contributed by atoms with E-state index >= 15 is 0 Å². The van der Waals surface area contributed by atoms with Crippen LogP contribution in [0.5, 0.6) is 0 Å². The van der Waals surface area contributed by atoms with Crippen molar-refractivity contribution < 1.29 is 9.80 Å². The number of hydrogen-bond acceptors (Lipinski definition) is 0. The molecule has 1 fully saturated rings. The van der Waals surface area contributed by atoms with Crippen LogP contribution in [0.15, 0.2) is 18.2 Å². The second kappa shape index (κ2) is 5.37. The molecule has 0 aliphatic carbocycles. The topological polar surface area (TPSA) is 8.88 Å². The largest absolute Gasteiger partial charge is 0.328 e. The summed E-state index contributed by atoms with van der Waals surface area (Å²) in [6.45, 7) is 5.91. The van der Waals surface area contributed by atoms with Crippen molar-refractivity contribution in [3.8, 4) is 0 Å². The number of piperazine rings is 1. The number of hydrogen-bond donors (Lipinski definition) is 2. The monoisotopic (exact) mass is 260 g/mol. The molecule has 16 heavy (non-hydrogen) atoms. The lowest BCUT2D eigenvalue weighted by atomic mass is 10.2. The zero-order valence-corrected chi connectivity index (χ0v) is 11.0. The lowest BCUT2D eigenvalue weighted by Gasteiger charge is -2.27. The SMILES string of the molecule is C[NH+]1CC[NH+](Cc2cccc(Cl)c2Cl)CC1. The number of quaternary nitrogens is 2. The summed E-state index contributed by atoms with van der Waals surface area (Å²) >= 11 is 12.2. The van der Waals surface area contributed by atoms with Gasteiger partial charge in [0, 0.05) is 5.56 Å². The first-order chi connectivity index (χ1) is 7.66. The predicted octanol–water partition coefficient (Wildman–Crippen LogP) is -0.0934. The van der Waals surface area contributed by atoms with Crippen molar-refractivity contribution in [2.75, 3.05) is 33.2 Å². The first-order valence-corrected chi connectivity index (χ1v) is 6.50. The molecule has 4 heteroatoms. The molecule has 0 atom stereocenters. The van der Waals surface area contributed by atoms with Gasteiger partial charge < -0.3 is 9.80 Å². The molecule has 2 rings (SSSR count). The van der Waals surface area contributed by atoms with Crippen LogP contribution >= 0.6 is 23.2 Å². The van der Waals surface area contributed by atoms with Crippen molar-refractivity contribution in [1.82, 2.24) is 0 Å². The van der Waals surface area contributed by atoms with Crippen LogP contribution in [-0.2, 0) is 6.54 Å². The zero-order valence-electron chi connectivity index (χ0n) is 9.52. The molecule has 0 aromatic heterocycles. The van der Waals surface area contributed by atoms with Crippen molar-refractivity contribution in [2.45, 2.75) is 6.54 Å². The minimum Gasteiger partial charge on any atom is -0.328 e. The van der Waals surface area contributed by atoms with E-state index in [-0.39, 0.29) is 0 Å². The van der Waals surface area contributed by atoms with E-state index in [1.807, 2.05) is 12.1 Å². The molecule has 1 aliphatic rings. The predicted molar refractivity (Wildman–Crippen MR) is 67.5 cm³/mol. The standard InChI is InChI=1S/C12H16Cl2N2/c1-15-5-7-16(8-6-15)9-10-3-2-4-11(13)12(10)14/h2-4H,5-9H2,1H3/p+2. The molecule has 0 unspecified atom stereocenters. The molecule has 0 saturated carbocycles. The zero-order chi connectivity index (χ0) is 11.5. The maximum absolute atomic E-state index is 6.19. The Kier molecular flexibility index (Phi) is 4.09. The lowest BCUT2D eigenvalue weighted by Crippen LogP contribution is -3.26.